The van der Waals surface area contributed by atoms with E-state index < -0.39 is 0 Å². The Morgan fingerprint density at radius 1 is 1.86 bits per heavy atom. The molecule has 39 valence electrons. The zero-order valence-corrected chi connectivity index (χ0v) is 4.68. The number of rotatable bonds is 0. The van der Waals surface area contributed by atoms with Gasteiger partial charge < -0.3 is 0 Å². The van der Waals surface area contributed by atoms with E-state index >= 15 is 0 Å². The molecular formula is C5H9N2. The maximum absolute atomic E-state index is 3.99. The van der Waals surface area contributed by atoms with Gasteiger partial charge in [0.05, 0.1) is 12.4 Å². The van der Waals surface area contributed by atoms with Crippen molar-refractivity contribution in [2.24, 2.45) is 4.99 Å². The first-order valence-corrected chi connectivity index (χ1v) is 2.43. The molecule has 1 atom stereocenters. The van der Waals surface area contributed by atoms with Crippen molar-refractivity contribution < 1.29 is 0 Å². The van der Waals surface area contributed by atoms with Crippen LogP contribution < -0.4 is 0 Å². The molecule has 2 heteroatoms. The summed E-state index contributed by atoms with van der Waals surface area (Å²) in [6.45, 7) is 2.95. The third-order valence-corrected chi connectivity index (χ3v) is 1.24. The largest absolute Gasteiger partial charge is 0.279 e. The van der Waals surface area contributed by atoms with Gasteiger partial charge in [-0.25, -0.2) is 0 Å². The van der Waals surface area contributed by atoms with E-state index in [-0.39, 0.29) is 0 Å². The lowest BCUT2D eigenvalue weighted by atomic mass is 10.5. The van der Waals surface area contributed by atoms with Gasteiger partial charge in [0, 0.05) is 6.54 Å². The first kappa shape index (κ1) is 4.78. The molecule has 0 fully saturated rings. The van der Waals surface area contributed by atoms with Crippen LogP contribution in [0, 0.1) is 0 Å². The Labute approximate surface area is 43.8 Å². The molecule has 0 spiro atoms. The number of hydrogen-bond donors (Lipinski definition) is 0. The molecule has 0 amide bonds. The van der Waals surface area contributed by atoms with Crippen LogP contribution >= 0.6 is 0 Å². The van der Waals surface area contributed by atoms with E-state index in [4.69, 9.17) is 0 Å². The van der Waals surface area contributed by atoms with Gasteiger partial charge in [-0.05, 0) is 14.0 Å². The Morgan fingerprint density at radius 3 is 2.71 bits per heavy atom. The van der Waals surface area contributed by atoms with Crippen LogP contribution in [0.1, 0.15) is 6.92 Å². The molecule has 1 aliphatic rings. The highest BCUT2D eigenvalue weighted by Crippen LogP contribution is 1.99. The normalized spacial score (nSPS) is 32.0. The monoisotopic (exact) mass is 97.1 g/mol. The van der Waals surface area contributed by atoms with Gasteiger partial charge in [-0.15, -0.1) is 0 Å². The summed E-state index contributed by atoms with van der Waals surface area (Å²) in [6, 6.07) is 0. The van der Waals surface area contributed by atoms with Gasteiger partial charge in [0.1, 0.15) is 0 Å². The van der Waals surface area contributed by atoms with Crippen LogP contribution in [0.4, 0.5) is 0 Å². The summed E-state index contributed by atoms with van der Waals surface area (Å²) in [5.41, 5.74) is 0. The quantitative estimate of drug-likeness (QED) is 0.422. The fraction of sp³-hybridized carbons (Fsp3) is 0.800. The molecule has 0 saturated heterocycles. The maximum atomic E-state index is 3.99. The molecule has 0 aromatic rings. The third kappa shape index (κ3) is 0.800. The molecule has 1 rings (SSSR count). The molecule has 1 radical (unpaired) electrons. The Balaban J connectivity index is 2.45. The van der Waals surface area contributed by atoms with Gasteiger partial charge in [-0.3, -0.25) is 9.89 Å². The second-order valence-electron chi connectivity index (χ2n) is 1.83. The number of aliphatic imine (C=N–C) groups is 1. The summed E-state index contributed by atoms with van der Waals surface area (Å²) >= 11 is 0. The van der Waals surface area contributed by atoms with E-state index in [1.807, 2.05) is 7.05 Å². The van der Waals surface area contributed by atoms with Crippen LogP contribution in [0.5, 0.6) is 0 Å². The minimum atomic E-state index is 0.361. The Kier molecular flexibility index (Phi) is 1.11. The SMILES string of the molecule is CC1N=[C]CN1C. The lowest BCUT2D eigenvalue weighted by Crippen LogP contribution is -2.22. The van der Waals surface area contributed by atoms with E-state index in [0.717, 1.165) is 6.54 Å². The topological polar surface area (TPSA) is 15.6 Å². The predicted octanol–water partition coefficient (Wildman–Crippen LogP) is 0.226. The molecule has 2 nitrogen and oxygen atoms in total. The average molecular weight is 97.1 g/mol. The zero-order chi connectivity index (χ0) is 5.28. The zero-order valence-electron chi connectivity index (χ0n) is 4.68. The van der Waals surface area contributed by atoms with Crippen molar-refractivity contribution in [3.8, 4) is 0 Å². The highest BCUT2D eigenvalue weighted by Gasteiger charge is 2.09. The molecule has 1 aliphatic heterocycles. The average Bonchev–Trinajstić information content (AvgIpc) is 1.91. The van der Waals surface area contributed by atoms with E-state index in [9.17, 15) is 0 Å². The minimum Gasteiger partial charge on any atom is -0.279 e. The molecule has 0 N–H and O–H groups in total. The van der Waals surface area contributed by atoms with Gasteiger partial charge in [0.25, 0.3) is 0 Å². The van der Waals surface area contributed by atoms with Crippen LogP contribution in [-0.4, -0.2) is 30.9 Å². The first-order valence-electron chi connectivity index (χ1n) is 2.43. The van der Waals surface area contributed by atoms with Crippen molar-refractivity contribution in [1.82, 2.24) is 4.90 Å². The standard InChI is InChI=1S/C5H9N2/c1-5-6-3-4-7(5)2/h5H,4H2,1-2H3. The molecule has 1 heterocycles. The highest BCUT2D eigenvalue weighted by molar-refractivity contribution is 5.61. The van der Waals surface area contributed by atoms with Gasteiger partial charge >= 0.3 is 0 Å². The molecule has 0 aromatic carbocycles. The van der Waals surface area contributed by atoms with Crippen molar-refractivity contribution >= 4 is 6.21 Å². The van der Waals surface area contributed by atoms with E-state index in [0.29, 0.717) is 6.17 Å². The van der Waals surface area contributed by atoms with Crippen molar-refractivity contribution in [1.29, 1.82) is 0 Å². The van der Waals surface area contributed by atoms with E-state index in [1.165, 1.54) is 0 Å². The summed E-state index contributed by atoms with van der Waals surface area (Å²) in [4.78, 5) is 6.12. The molecule has 7 heavy (non-hydrogen) atoms. The maximum Gasteiger partial charge on any atom is 0.0996 e. The van der Waals surface area contributed by atoms with Crippen LogP contribution in [0.3, 0.4) is 0 Å². The first-order chi connectivity index (χ1) is 3.30. The van der Waals surface area contributed by atoms with Crippen molar-refractivity contribution in [3.05, 3.63) is 0 Å². The second kappa shape index (κ2) is 1.62. The summed E-state index contributed by atoms with van der Waals surface area (Å²) < 4.78 is 0. The lowest BCUT2D eigenvalue weighted by molar-refractivity contribution is 0.327. The van der Waals surface area contributed by atoms with Crippen LogP contribution in [0.25, 0.3) is 0 Å². The fourth-order valence-corrected chi connectivity index (χ4v) is 0.515. The van der Waals surface area contributed by atoms with Gasteiger partial charge in [0.15, 0.2) is 0 Å². The van der Waals surface area contributed by atoms with Gasteiger partial charge in [0.2, 0.25) is 0 Å². The molecular weight excluding hydrogens is 88.1 g/mol. The smallest absolute Gasteiger partial charge is 0.0996 e. The lowest BCUT2D eigenvalue weighted by Gasteiger charge is -2.10. The van der Waals surface area contributed by atoms with Crippen molar-refractivity contribution in [2.75, 3.05) is 13.6 Å². The summed E-state index contributed by atoms with van der Waals surface area (Å²) in [5.74, 6) is 0. The second-order valence-corrected chi connectivity index (χ2v) is 1.83. The van der Waals surface area contributed by atoms with Crippen LogP contribution in [0.2, 0.25) is 0 Å². The summed E-state index contributed by atoms with van der Waals surface area (Å²) in [7, 11) is 2.04. The van der Waals surface area contributed by atoms with Crippen molar-refractivity contribution in [2.45, 2.75) is 13.1 Å². The molecule has 0 saturated carbocycles. The molecule has 1 unspecified atom stereocenters. The van der Waals surface area contributed by atoms with Crippen LogP contribution in [0.15, 0.2) is 4.99 Å². The van der Waals surface area contributed by atoms with E-state index in [2.05, 4.69) is 23.0 Å². The predicted molar refractivity (Wildman–Crippen MR) is 29.5 cm³/mol. The molecule has 0 bridgehead atoms. The highest BCUT2D eigenvalue weighted by atomic mass is 15.2. The summed E-state index contributed by atoms with van der Waals surface area (Å²) in [6.07, 6.45) is 3.23. The van der Waals surface area contributed by atoms with Crippen molar-refractivity contribution in [3.63, 3.8) is 0 Å². The van der Waals surface area contributed by atoms with Gasteiger partial charge in [-0.2, -0.15) is 0 Å². The Hall–Kier alpha value is -0.370. The van der Waals surface area contributed by atoms with Crippen LogP contribution in [-0.2, 0) is 0 Å². The molecule has 0 aromatic heterocycles. The third-order valence-electron chi connectivity index (χ3n) is 1.24. The van der Waals surface area contributed by atoms with E-state index in [1.54, 1.807) is 0 Å². The fourth-order valence-electron chi connectivity index (χ4n) is 0.515. The number of nitrogens with zero attached hydrogens (tertiary/aromatic N) is 2. The Bertz CT molecular complexity index is 88.1. The minimum absolute atomic E-state index is 0.361. The number of hydrogen-bond acceptors (Lipinski definition) is 2. The Morgan fingerprint density at radius 2 is 2.57 bits per heavy atom. The summed E-state index contributed by atoms with van der Waals surface area (Å²) in [5, 5.41) is 0. The molecule has 0 aliphatic carbocycles. The van der Waals surface area contributed by atoms with Gasteiger partial charge in [-0.1, -0.05) is 0 Å².